The number of rotatable bonds is 2. The SMILES string of the molecule is CC(C)(C)OC=O.Nc1ccc(N2CCNCC2)cn1. The van der Waals surface area contributed by atoms with Gasteiger partial charge in [0, 0.05) is 26.2 Å². The standard InChI is InChI=1S/C9H14N4.C5H10O2/c10-9-2-1-8(7-12-9)13-5-3-11-4-6-13;1-5(2,3)7-4-6/h1-2,7,11H,3-6H2,(H2,10,12);4H,1-3H3. The van der Waals surface area contributed by atoms with E-state index in [0.29, 0.717) is 12.3 Å². The molecule has 2 heterocycles. The molecule has 0 saturated carbocycles. The van der Waals surface area contributed by atoms with Gasteiger partial charge in [-0.3, -0.25) is 4.79 Å². The van der Waals surface area contributed by atoms with Gasteiger partial charge in [-0.2, -0.15) is 0 Å². The van der Waals surface area contributed by atoms with Gasteiger partial charge >= 0.3 is 0 Å². The quantitative estimate of drug-likeness (QED) is 0.788. The summed E-state index contributed by atoms with van der Waals surface area (Å²) in [5.41, 5.74) is 6.36. The van der Waals surface area contributed by atoms with Crippen LogP contribution in [0.3, 0.4) is 0 Å². The Kier molecular flexibility index (Phi) is 6.24. The molecular weight excluding hydrogens is 256 g/mol. The zero-order chi connectivity index (χ0) is 15.0. The second-order valence-electron chi connectivity index (χ2n) is 5.50. The number of hydrogen-bond acceptors (Lipinski definition) is 6. The highest BCUT2D eigenvalue weighted by molar-refractivity contribution is 5.48. The summed E-state index contributed by atoms with van der Waals surface area (Å²) in [4.78, 5) is 16.0. The van der Waals surface area contributed by atoms with E-state index in [2.05, 4.69) is 19.9 Å². The largest absolute Gasteiger partial charge is 0.462 e. The lowest BCUT2D eigenvalue weighted by Crippen LogP contribution is -2.43. The maximum atomic E-state index is 9.60. The van der Waals surface area contributed by atoms with E-state index < -0.39 is 0 Å². The Morgan fingerprint density at radius 3 is 2.40 bits per heavy atom. The number of nitrogens with one attached hydrogen (secondary N) is 1. The number of hydrogen-bond donors (Lipinski definition) is 2. The molecule has 1 aromatic rings. The highest BCUT2D eigenvalue weighted by Gasteiger charge is 2.09. The van der Waals surface area contributed by atoms with Crippen molar-refractivity contribution in [2.75, 3.05) is 36.8 Å². The van der Waals surface area contributed by atoms with E-state index >= 15 is 0 Å². The Morgan fingerprint density at radius 2 is 2.00 bits per heavy atom. The Balaban J connectivity index is 0.000000246. The fourth-order valence-corrected chi connectivity index (χ4v) is 1.65. The van der Waals surface area contributed by atoms with Crippen molar-refractivity contribution in [3.8, 4) is 0 Å². The van der Waals surface area contributed by atoms with Crippen LogP contribution in [-0.2, 0) is 9.53 Å². The number of aromatic nitrogens is 1. The zero-order valence-electron chi connectivity index (χ0n) is 12.4. The molecule has 0 radical (unpaired) electrons. The summed E-state index contributed by atoms with van der Waals surface area (Å²) in [5.74, 6) is 0.582. The lowest BCUT2D eigenvalue weighted by molar-refractivity contribution is -0.138. The first-order valence-corrected chi connectivity index (χ1v) is 6.71. The van der Waals surface area contributed by atoms with Crippen molar-refractivity contribution in [3.63, 3.8) is 0 Å². The highest BCUT2D eigenvalue weighted by atomic mass is 16.5. The third-order valence-corrected chi connectivity index (χ3v) is 2.65. The minimum absolute atomic E-state index is 0.318. The van der Waals surface area contributed by atoms with E-state index in [-0.39, 0.29) is 5.60 Å². The van der Waals surface area contributed by atoms with Crippen molar-refractivity contribution in [2.45, 2.75) is 26.4 Å². The predicted octanol–water partition coefficient (Wildman–Crippen LogP) is 1.03. The van der Waals surface area contributed by atoms with E-state index in [1.807, 2.05) is 39.1 Å². The van der Waals surface area contributed by atoms with Crippen LogP contribution in [0.4, 0.5) is 11.5 Å². The average Bonchev–Trinajstić information content (AvgIpc) is 2.40. The monoisotopic (exact) mass is 280 g/mol. The molecule has 2 rings (SSSR count). The van der Waals surface area contributed by atoms with Crippen LogP contribution in [0.15, 0.2) is 18.3 Å². The number of anilines is 2. The Morgan fingerprint density at radius 1 is 1.35 bits per heavy atom. The van der Waals surface area contributed by atoms with E-state index in [1.165, 1.54) is 0 Å². The molecule has 1 fully saturated rings. The van der Waals surface area contributed by atoms with Crippen LogP contribution in [0.25, 0.3) is 0 Å². The fraction of sp³-hybridized carbons (Fsp3) is 0.571. The van der Waals surface area contributed by atoms with Crippen LogP contribution in [0.2, 0.25) is 0 Å². The molecule has 0 atom stereocenters. The Hall–Kier alpha value is -1.82. The van der Waals surface area contributed by atoms with Crippen LogP contribution in [-0.4, -0.2) is 43.2 Å². The van der Waals surface area contributed by atoms with Gasteiger partial charge in [0.2, 0.25) is 0 Å². The van der Waals surface area contributed by atoms with E-state index in [4.69, 9.17) is 5.73 Å². The molecule has 0 bridgehead atoms. The molecule has 20 heavy (non-hydrogen) atoms. The molecule has 1 aromatic heterocycles. The summed E-state index contributed by atoms with van der Waals surface area (Å²) in [6, 6.07) is 3.87. The summed E-state index contributed by atoms with van der Waals surface area (Å²) in [6.07, 6.45) is 1.83. The molecule has 1 saturated heterocycles. The van der Waals surface area contributed by atoms with Gasteiger partial charge in [-0.05, 0) is 32.9 Å². The maximum Gasteiger partial charge on any atom is 0.293 e. The van der Waals surface area contributed by atoms with Gasteiger partial charge < -0.3 is 20.7 Å². The number of carbonyl (C=O) groups is 1. The number of nitrogens with two attached hydrogens (primary N) is 1. The number of ether oxygens (including phenoxy) is 1. The van der Waals surface area contributed by atoms with Crippen molar-refractivity contribution < 1.29 is 9.53 Å². The van der Waals surface area contributed by atoms with Crippen molar-refractivity contribution in [1.29, 1.82) is 0 Å². The molecular formula is C14H24N4O2. The molecule has 112 valence electrons. The lowest BCUT2D eigenvalue weighted by atomic mass is 10.2. The Bertz CT molecular complexity index is 395. The second-order valence-corrected chi connectivity index (χ2v) is 5.50. The van der Waals surface area contributed by atoms with E-state index in [0.717, 1.165) is 31.9 Å². The highest BCUT2D eigenvalue weighted by Crippen LogP contribution is 2.13. The average molecular weight is 280 g/mol. The Labute approximate surface area is 120 Å². The maximum absolute atomic E-state index is 9.60. The van der Waals surface area contributed by atoms with Gasteiger partial charge in [-0.25, -0.2) is 4.98 Å². The number of nitrogen functional groups attached to an aromatic ring is 1. The van der Waals surface area contributed by atoms with Crippen LogP contribution in [0.1, 0.15) is 20.8 Å². The number of pyridine rings is 1. The molecule has 6 heteroatoms. The van der Waals surface area contributed by atoms with Crippen molar-refractivity contribution >= 4 is 18.0 Å². The van der Waals surface area contributed by atoms with Gasteiger partial charge in [0.25, 0.3) is 6.47 Å². The first kappa shape index (κ1) is 16.2. The molecule has 6 nitrogen and oxygen atoms in total. The summed E-state index contributed by atoms with van der Waals surface area (Å²) in [7, 11) is 0. The van der Waals surface area contributed by atoms with Gasteiger partial charge in [0.1, 0.15) is 11.4 Å². The lowest BCUT2D eigenvalue weighted by Gasteiger charge is -2.29. The summed E-state index contributed by atoms with van der Waals surface area (Å²) in [6.45, 7) is 10.1. The number of nitrogens with zero attached hydrogens (tertiary/aromatic N) is 2. The number of piperazine rings is 1. The first-order chi connectivity index (χ1) is 9.42. The molecule has 3 N–H and O–H groups in total. The zero-order valence-corrected chi connectivity index (χ0v) is 12.4. The molecule has 0 aromatic carbocycles. The van der Waals surface area contributed by atoms with E-state index in [9.17, 15) is 4.79 Å². The topological polar surface area (TPSA) is 80.5 Å². The molecule has 0 amide bonds. The van der Waals surface area contributed by atoms with Gasteiger partial charge in [-0.15, -0.1) is 0 Å². The van der Waals surface area contributed by atoms with Gasteiger partial charge in [-0.1, -0.05) is 0 Å². The van der Waals surface area contributed by atoms with Crippen LogP contribution in [0.5, 0.6) is 0 Å². The molecule has 0 aliphatic carbocycles. The number of carbonyl (C=O) groups excluding carboxylic acids is 1. The van der Waals surface area contributed by atoms with Crippen LogP contribution in [0, 0.1) is 0 Å². The molecule has 1 aliphatic heterocycles. The van der Waals surface area contributed by atoms with Crippen molar-refractivity contribution in [3.05, 3.63) is 18.3 Å². The smallest absolute Gasteiger partial charge is 0.293 e. The predicted molar refractivity (Wildman–Crippen MR) is 80.6 cm³/mol. The normalized spacial score (nSPS) is 15.1. The minimum atomic E-state index is -0.318. The van der Waals surface area contributed by atoms with Crippen molar-refractivity contribution in [2.24, 2.45) is 0 Å². The second kappa shape index (κ2) is 7.69. The third kappa shape index (κ3) is 6.38. The molecule has 0 unspecified atom stereocenters. The molecule has 0 spiro atoms. The summed E-state index contributed by atoms with van der Waals surface area (Å²) < 4.78 is 4.55. The summed E-state index contributed by atoms with van der Waals surface area (Å²) >= 11 is 0. The first-order valence-electron chi connectivity index (χ1n) is 6.71. The summed E-state index contributed by atoms with van der Waals surface area (Å²) in [5, 5.41) is 3.31. The van der Waals surface area contributed by atoms with Crippen LogP contribution >= 0.6 is 0 Å². The minimum Gasteiger partial charge on any atom is -0.462 e. The van der Waals surface area contributed by atoms with Gasteiger partial charge in [0.05, 0.1) is 11.9 Å². The van der Waals surface area contributed by atoms with Crippen LogP contribution < -0.4 is 16.0 Å². The third-order valence-electron chi connectivity index (χ3n) is 2.65. The fourth-order valence-electron chi connectivity index (χ4n) is 1.65. The molecule has 1 aliphatic rings. The van der Waals surface area contributed by atoms with E-state index in [1.54, 1.807) is 0 Å². The van der Waals surface area contributed by atoms with Crippen molar-refractivity contribution in [1.82, 2.24) is 10.3 Å². The van der Waals surface area contributed by atoms with Gasteiger partial charge in [0.15, 0.2) is 0 Å².